The third-order valence-corrected chi connectivity index (χ3v) is 1.38. The molecule has 11 heavy (non-hydrogen) atoms. The Balaban J connectivity index is 3.40. The molecule has 0 bridgehead atoms. The summed E-state index contributed by atoms with van der Waals surface area (Å²) < 4.78 is 25.3. The maximum Gasteiger partial charge on any atom is 0.225 e. The molecule has 0 fully saturated rings. The third kappa shape index (κ3) is 1.20. The highest BCUT2D eigenvalue weighted by molar-refractivity contribution is 5.47. The van der Waals surface area contributed by atoms with Crippen molar-refractivity contribution in [3.05, 3.63) is 40.7 Å². The molecule has 0 amide bonds. The van der Waals surface area contributed by atoms with Gasteiger partial charge in [0.1, 0.15) is 0 Å². The largest absolute Gasteiger partial charge is 0.235 e. The Hall–Kier alpha value is -1.43. The van der Waals surface area contributed by atoms with E-state index in [1.807, 2.05) is 0 Å². The molecule has 0 spiro atoms. The molecular weight excluding hydrogens is 148 g/mol. The predicted octanol–water partition coefficient (Wildman–Crippen LogP) is 2.82. The molecule has 0 unspecified atom stereocenters. The Kier molecular flexibility index (Phi) is 1.86. The number of hydrogen-bond donors (Lipinski definition) is 0. The smallest absolute Gasteiger partial charge is 0.225 e. The van der Waals surface area contributed by atoms with Crippen LogP contribution in [0.15, 0.2) is 12.1 Å². The first kappa shape index (κ1) is 7.67. The lowest BCUT2D eigenvalue weighted by Gasteiger charge is -1.97. The molecule has 0 N–H and O–H groups in total. The Labute approximate surface area is 63.1 Å². The normalized spacial score (nSPS) is 9.27. The van der Waals surface area contributed by atoms with Gasteiger partial charge in [0.25, 0.3) is 0 Å². The summed E-state index contributed by atoms with van der Waals surface area (Å²) in [6.07, 6.45) is 0. The lowest BCUT2D eigenvalue weighted by molar-refractivity contribution is 0.507. The van der Waals surface area contributed by atoms with Crippen LogP contribution < -0.4 is 0 Å². The first-order valence-electron chi connectivity index (χ1n) is 2.99. The van der Waals surface area contributed by atoms with Crippen LogP contribution >= 0.6 is 0 Å². The van der Waals surface area contributed by atoms with Gasteiger partial charge in [0, 0.05) is 0 Å². The van der Waals surface area contributed by atoms with Crippen LogP contribution in [0.5, 0.6) is 0 Å². The fourth-order valence-electron chi connectivity index (χ4n) is 0.722. The van der Waals surface area contributed by atoms with Gasteiger partial charge in [0.05, 0.1) is 6.57 Å². The summed E-state index contributed by atoms with van der Waals surface area (Å²) in [4.78, 5) is 2.81. The number of benzene rings is 1. The molecule has 0 radical (unpaired) electrons. The molecule has 3 heteroatoms. The summed E-state index contributed by atoms with van der Waals surface area (Å²) in [5, 5.41) is 0. The van der Waals surface area contributed by atoms with Crippen LogP contribution in [0, 0.1) is 25.1 Å². The van der Waals surface area contributed by atoms with Crippen LogP contribution in [-0.4, -0.2) is 0 Å². The summed E-state index contributed by atoms with van der Waals surface area (Å²) in [5.41, 5.74) is -0.0528. The van der Waals surface area contributed by atoms with E-state index < -0.39 is 11.6 Å². The van der Waals surface area contributed by atoms with Crippen molar-refractivity contribution < 1.29 is 8.78 Å². The summed E-state index contributed by atoms with van der Waals surface area (Å²) >= 11 is 0. The number of rotatable bonds is 0. The second kappa shape index (κ2) is 2.67. The summed E-state index contributed by atoms with van der Waals surface area (Å²) in [5.74, 6) is -1.99. The third-order valence-electron chi connectivity index (χ3n) is 1.38. The van der Waals surface area contributed by atoms with Crippen LogP contribution in [0.2, 0.25) is 0 Å². The molecule has 0 heterocycles. The van der Waals surface area contributed by atoms with Crippen molar-refractivity contribution in [2.75, 3.05) is 0 Å². The molecule has 0 saturated carbocycles. The highest BCUT2D eigenvalue weighted by atomic mass is 19.2. The molecule has 0 aliphatic heterocycles. The zero-order chi connectivity index (χ0) is 8.43. The first-order chi connectivity index (χ1) is 5.16. The SMILES string of the molecule is [C-]#[N+]c1ccc(C)c(F)c1F. The van der Waals surface area contributed by atoms with Crippen molar-refractivity contribution in [3.8, 4) is 0 Å². The minimum absolute atomic E-state index is 0.218. The number of hydrogen-bond acceptors (Lipinski definition) is 0. The maximum atomic E-state index is 12.7. The van der Waals surface area contributed by atoms with Crippen molar-refractivity contribution in [1.29, 1.82) is 0 Å². The van der Waals surface area contributed by atoms with Gasteiger partial charge in [0.2, 0.25) is 5.69 Å². The fourth-order valence-corrected chi connectivity index (χ4v) is 0.722. The number of nitrogens with zero attached hydrogens (tertiary/aromatic N) is 1. The molecule has 1 nitrogen and oxygen atoms in total. The molecular formula is C8H5F2N. The Morgan fingerprint density at radius 2 is 1.91 bits per heavy atom. The van der Waals surface area contributed by atoms with Crippen molar-refractivity contribution in [2.24, 2.45) is 0 Å². The van der Waals surface area contributed by atoms with Gasteiger partial charge in [-0.05, 0) is 12.5 Å². The van der Waals surface area contributed by atoms with E-state index in [1.165, 1.54) is 19.1 Å². The number of halogens is 2. The van der Waals surface area contributed by atoms with E-state index in [4.69, 9.17) is 6.57 Å². The zero-order valence-electron chi connectivity index (χ0n) is 5.86. The van der Waals surface area contributed by atoms with E-state index in [0.29, 0.717) is 0 Å². The van der Waals surface area contributed by atoms with Crippen LogP contribution in [0.4, 0.5) is 14.5 Å². The van der Waals surface area contributed by atoms with Gasteiger partial charge in [-0.25, -0.2) is 13.6 Å². The molecule has 0 aliphatic rings. The fraction of sp³-hybridized carbons (Fsp3) is 0.125. The minimum Gasteiger partial charge on any atom is -0.235 e. The monoisotopic (exact) mass is 153 g/mol. The van der Waals surface area contributed by atoms with Crippen LogP contribution in [0.3, 0.4) is 0 Å². The topological polar surface area (TPSA) is 4.36 Å². The van der Waals surface area contributed by atoms with E-state index >= 15 is 0 Å². The second-order valence-electron chi connectivity index (χ2n) is 2.14. The maximum absolute atomic E-state index is 12.7. The van der Waals surface area contributed by atoms with Gasteiger partial charge >= 0.3 is 0 Å². The average molecular weight is 153 g/mol. The first-order valence-corrected chi connectivity index (χ1v) is 2.99. The Morgan fingerprint density at radius 3 is 2.45 bits per heavy atom. The van der Waals surface area contributed by atoms with Gasteiger partial charge in [-0.3, -0.25) is 0 Å². The summed E-state index contributed by atoms with van der Waals surface area (Å²) in [6, 6.07) is 2.65. The molecule has 1 aromatic rings. The van der Waals surface area contributed by atoms with Gasteiger partial charge in [-0.1, -0.05) is 12.1 Å². The molecule has 56 valence electrons. The average Bonchev–Trinajstić information content (AvgIpc) is 2.01. The molecule has 0 aliphatic carbocycles. The minimum atomic E-state index is -1.06. The summed E-state index contributed by atoms with van der Waals surface area (Å²) in [7, 11) is 0. The van der Waals surface area contributed by atoms with Crippen LogP contribution in [0.25, 0.3) is 4.85 Å². The van der Waals surface area contributed by atoms with Gasteiger partial charge in [0.15, 0.2) is 11.6 Å². The van der Waals surface area contributed by atoms with E-state index in [0.717, 1.165) is 0 Å². The van der Waals surface area contributed by atoms with Gasteiger partial charge in [-0.2, -0.15) is 0 Å². The highest BCUT2D eigenvalue weighted by Crippen LogP contribution is 2.21. The summed E-state index contributed by atoms with van der Waals surface area (Å²) in [6.45, 7) is 7.92. The number of aryl methyl sites for hydroxylation is 1. The second-order valence-corrected chi connectivity index (χ2v) is 2.14. The van der Waals surface area contributed by atoms with E-state index in [1.54, 1.807) is 0 Å². The molecule has 0 atom stereocenters. The Morgan fingerprint density at radius 1 is 1.27 bits per heavy atom. The van der Waals surface area contributed by atoms with E-state index in [2.05, 4.69) is 4.85 Å². The van der Waals surface area contributed by atoms with Crippen LogP contribution in [0.1, 0.15) is 5.56 Å². The lowest BCUT2D eigenvalue weighted by Crippen LogP contribution is -1.87. The van der Waals surface area contributed by atoms with E-state index in [-0.39, 0.29) is 11.3 Å². The van der Waals surface area contributed by atoms with Crippen LogP contribution in [-0.2, 0) is 0 Å². The van der Waals surface area contributed by atoms with E-state index in [9.17, 15) is 8.78 Å². The van der Waals surface area contributed by atoms with Gasteiger partial charge in [-0.15, -0.1) is 0 Å². The predicted molar refractivity (Wildman–Crippen MR) is 37.4 cm³/mol. The van der Waals surface area contributed by atoms with Crippen molar-refractivity contribution >= 4 is 5.69 Å². The van der Waals surface area contributed by atoms with Crippen molar-refractivity contribution in [3.63, 3.8) is 0 Å². The lowest BCUT2D eigenvalue weighted by atomic mass is 10.2. The van der Waals surface area contributed by atoms with Crippen molar-refractivity contribution in [2.45, 2.75) is 6.92 Å². The highest BCUT2D eigenvalue weighted by Gasteiger charge is 2.09. The van der Waals surface area contributed by atoms with Crippen molar-refractivity contribution in [1.82, 2.24) is 0 Å². The molecule has 1 rings (SSSR count). The van der Waals surface area contributed by atoms with Gasteiger partial charge < -0.3 is 0 Å². The quantitative estimate of drug-likeness (QED) is 0.505. The standard InChI is InChI=1S/C8H5F2N/c1-5-3-4-6(11-2)8(10)7(5)9/h3-4H,1H3. The zero-order valence-corrected chi connectivity index (χ0v) is 5.86. The molecule has 0 aromatic heterocycles. The molecule has 1 aromatic carbocycles. The molecule has 0 saturated heterocycles. The Bertz CT molecular complexity index is 326.